The summed E-state index contributed by atoms with van der Waals surface area (Å²) < 4.78 is 1.90. The highest BCUT2D eigenvalue weighted by Crippen LogP contribution is 2.19. The Morgan fingerprint density at radius 2 is 2.38 bits per heavy atom. The van der Waals surface area contributed by atoms with Crippen molar-refractivity contribution in [3.63, 3.8) is 0 Å². The predicted molar refractivity (Wildman–Crippen MR) is 59.1 cm³/mol. The average Bonchev–Trinajstić information content (AvgIpc) is 2.61. The van der Waals surface area contributed by atoms with Gasteiger partial charge in [0.05, 0.1) is 30.0 Å². The minimum atomic E-state index is -0.915. The summed E-state index contributed by atoms with van der Waals surface area (Å²) in [7, 11) is 0. The number of aliphatic carboxylic acids is 1. The van der Waals surface area contributed by atoms with Gasteiger partial charge in [0.25, 0.3) is 0 Å². The smallest absolute Gasteiger partial charge is 0.305 e. The molecule has 0 saturated heterocycles. The van der Waals surface area contributed by atoms with Crippen LogP contribution in [0, 0.1) is 6.92 Å². The zero-order chi connectivity index (χ0) is 11.7. The molecule has 0 radical (unpaired) electrons. The summed E-state index contributed by atoms with van der Waals surface area (Å²) in [4.78, 5) is 14.8. The molecule has 16 heavy (non-hydrogen) atoms. The number of carbonyl (C=O) groups is 1. The topological polar surface area (TPSA) is 80.6 Å². The Bertz CT molecular complexity index is 533. The Hall–Kier alpha value is -1.88. The molecular weight excluding hydrogens is 206 g/mol. The van der Waals surface area contributed by atoms with Gasteiger partial charge in [0.1, 0.15) is 0 Å². The third kappa shape index (κ3) is 1.77. The van der Waals surface area contributed by atoms with Crippen LogP contribution in [0.3, 0.4) is 0 Å². The first-order valence-electron chi connectivity index (χ1n) is 4.99. The first kappa shape index (κ1) is 10.6. The van der Waals surface area contributed by atoms with Crippen molar-refractivity contribution in [3.8, 4) is 0 Å². The van der Waals surface area contributed by atoms with Gasteiger partial charge in [-0.15, -0.1) is 0 Å². The summed E-state index contributed by atoms with van der Waals surface area (Å²) in [6.07, 6.45) is 1.56. The van der Waals surface area contributed by atoms with Crippen molar-refractivity contribution in [2.75, 3.05) is 0 Å². The zero-order valence-corrected chi connectivity index (χ0v) is 8.92. The van der Waals surface area contributed by atoms with Gasteiger partial charge in [-0.3, -0.25) is 4.79 Å². The molecule has 0 aliphatic heterocycles. The van der Waals surface area contributed by atoms with Crippen LogP contribution in [0.5, 0.6) is 0 Å². The Morgan fingerprint density at radius 3 is 3.06 bits per heavy atom. The molecule has 3 N–H and O–H groups in total. The van der Waals surface area contributed by atoms with Gasteiger partial charge < -0.3 is 15.2 Å². The van der Waals surface area contributed by atoms with Gasteiger partial charge in [0, 0.05) is 5.69 Å². The molecule has 2 aromatic rings. The number of nitrogens with zero attached hydrogens (tertiary/aromatic N) is 2. The molecule has 5 nitrogen and oxygen atoms in total. The van der Waals surface area contributed by atoms with E-state index >= 15 is 0 Å². The van der Waals surface area contributed by atoms with E-state index in [0.717, 1.165) is 11.2 Å². The summed E-state index contributed by atoms with van der Waals surface area (Å²) in [6, 6.07) is 5.19. The van der Waals surface area contributed by atoms with Crippen molar-refractivity contribution in [3.05, 3.63) is 35.9 Å². The Balaban J connectivity index is 2.46. The fourth-order valence-electron chi connectivity index (χ4n) is 1.75. The Labute approximate surface area is 92.5 Å². The second-order valence-electron chi connectivity index (χ2n) is 3.76. The predicted octanol–water partition coefficient (Wildman–Crippen LogP) is 1.12. The van der Waals surface area contributed by atoms with Crippen LogP contribution in [0.4, 0.5) is 0 Å². The monoisotopic (exact) mass is 219 g/mol. The molecule has 1 unspecified atom stereocenters. The fraction of sp³-hybridized carbons (Fsp3) is 0.273. The quantitative estimate of drug-likeness (QED) is 0.810. The van der Waals surface area contributed by atoms with Gasteiger partial charge in [-0.05, 0) is 19.1 Å². The first-order chi connectivity index (χ1) is 7.59. The average molecular weight is 219 g/mol. The Kier molecular flexibility index (Phi) is 2.62. The minimum absolute atomic E-state index is 0.111. The van der Waals surface area contributed by atoms with Crippen molar-refractivity contribution in [2.45, 2.75) is 19.4 Å². The molecule has 0 spiro atoms. The number of aromatic nitrogens is 2. The summed E-state index contributed by atoms with van der Waals surface area (Å²) in [5, 5.41) is 8.69. The van der Waals surface area contributed by atoms with Crippen LogP contribution < -0.4 is 5.73 Å². The molecule has 0 fully saturated rings. The molecule has 0 aromatic carbocycles. The second-order valence-corrected chi connectivity index (χ2v) is 3.76. The highest BCUT2D eigenvalue weighted by atomic mass is 16.4. The van der Waals surface area contributed by atoms with Crippen molar-refractivity contribution in [1.29, 1.82) is 0 Å². The molecule has 0 aliphatic rings. The lowest BCUT2D eigenvalue weighted by Gasteiger charge is -2.06. The van der Waals surface area contributed by atoms with Crippen LogP contribution in [-0.2, 0) is 4.79 Å². The van der Waals surface area contributed by atoms with Gasteiger partial charge in [0.15, 0.2) is 0 Å². The number of carboxylic acids is 1. The highest BCUT2D eigenvalue weighted by Gasteiger charge is 2.16. The zero-order valence-electron chi connectivity index (χ0n) is 8.92. The molecule has 0 saturated carbocycles. The van der Waals surface area contributed by atoms with Gasteiger partial charge >= 0.3 is 5.97 Å². The fourth-order valence-corrected chi connectivity index (χ4v) is 1.75. The van der Waals surface area contributed by atoms with Crippen LogP contribution in [0.2, 0.25) is 0 Å². The molecule has 0 amide bonds. The second kappa shape index (κ2) is 3.94. The molecule has 5 heteroatoms. The Morgan fingerprint density at radius 1 is 1.62 bits per heavy atom. The molecule has 2 heterocycles. The van der Waals surface area contributed by atoms with E-state index in [9.17, 15) is 4.79 Å². The number of fused-ring (bicyclic) bond motifs is 1. The lowest BCUT2D eigenvalue weighted by Crippen LogP contribution is -2.15. The molecule has 2 aromatic heterocycles. The molecule has 84 valence electrons. The number of hydrogen-bond donors (Lipinski definition) is 2. The number of aryl methyl sites for hydroxylation is 1. The molecule has 2 rings (SSSR count). The molecular formula is C11H13N3O2. The third-order valence-corrected chi connectivity index (χ3v) is 2.55. The van der Waals surface area contributed by atoms with Gasteiger partial charge in [0.2, 0.25) is 0 Å². The number of carboxylic acid groups (broad SMARTS) is 1. The maximum Gasteiger partial charge on any atom is 0.305 e. The maximum absolute atomic E-state index is 10.6. The van der Waals surface area contributed by atoms with E-state index in [1.807, 2.05) is 29.5 Å². The maximum atomic E-state index is 10.6. The van der Waals surface area contributed by atoms with Crippen LogP contribution in [0.25, 0.3) is 5.52 Å². The number of hydrogen-bond acceptors (Lipinski definition) is 3. The van der Waals surface area contributed by atoms with Gasteiger partial charge in [-0.1, -0.05) is 6.07 Å². The standard InChI is InChI=1S/C11H13N3O2/c1-7-3-2-4-9-11(13-6-14(7)9)8(12)5-10(15)16/h2-4,6,8H,5,12H2,1H3,(H,15,16). The lowest BCUT2D eigenvalue weighted by molar-refractivity contribution is -0.137. The summed E-state index contributed by atoms with van der Waals surface area (Å²) >= 11 is 0. The summed E-state index contributed by atoms with van der Waals surface area (Å²) in [6.45, 7) is 1.96. The van der Waals surface area contributed by atoms with E-state index in [1.54, 1.807) is 6.33 Å². The largest absolute Gasteiger partial charge is 0.481 e. The molecule has 0 aliphatic carbocycles. The van der Waals surface area contributed by atoms with Crippen molar-refractivity contribution < 1.29 is 9.90 Å². The van der Waals surface area contributed by atoms with Crippen LogP contribution in [0.1, 0.15) is 23.9 Å². The van der Waals surface area contributed by atoms with E-state index in [1.165, 1.54) is 0 Å². The van der Waals surface area contributed by atoms with Crippen LogP contribution in [-0.4, -0.2) is 20.5 Å². The normalized spacial score (nSPS) is 12.9. The van der Waals surface area contributed by atoms with E-state index in [-0.39, 0.29) is 6.42 Å². The first-order valence-corrected chi connectivity index (χ1v) is 4.99. The van der Waals surface area contributed by atoms with E-state index in [2.05, 4.69) is 4.98 Å². The van der Waals surface area contributed by atoms with E-state index < -0.39 is 12.0 Å². The summed E-state index contributed by atoms with van der Waals surface area (Å²) in [5.41, 5.74) is 8.34. The lowest BCUT2D eigenvalue weighted by atomic mass is 10.1. The van der Waals surface area contributed by atoms with Gasteiger partial charge in [-0.25, -0.2) is 4.98 Å². The third-order valence-electron chi connectivity index (χ3n) is 2.55. The van der Waals surface area contributed by atoms with Crippen molar-refractivity contribution in [1.82, 2.24) is 9.38 Å². The van der Waals surface area contributed by atoms with E-state index in [4.69, 9.17) is 10.8 Å². The minimum Gasteiger partial charge on any atom is -0.481 e. The van der Waals surface area contributed by atoms with Gasteiger partial charge in [-0.2, -0.15) is 0 Å². The number of imidazole rings is 1. The van der Waals surface area contributed by atoms with Crippen molar-refractivity contribution >= 4 is 11.5 Å². The van der Waals surface area contributed by atoms with Crippen LogP contribution in [0.15, 0.2) is 24.5 Å². The summed E-state index contributed by atoms with van der Waals surface area (Å²) in [5.74, 6) is -0.915. The van der Waals surface area contributed by atoms with E-state index in [0.29, 0.717) is 5.69 Å². The number of rotatable bonds is 3. The SMILES string of the molecule is Cc1cccc2c(C(N)CC(=O)O)ncn12. The number of pyridine rings is 1. The number of nitrogens with two attached hydrogens (primary N) is 1. The molecule has 1 atom stereocenters. The highest BCUT2D eigenvalue weighted by molar-refractivity contribution is 5.68. The van der Waals surface area contributed by atoms with Crippen LogP contribution >= 0.6 is 0 Å². The van der Waals surface area contributed by atoms with Crippen molar-refractivity contribution in [2.24, 2.45) is 5.73 Å². The molecule has 0 bridgehead atoms.